The van der Waals surface area contributed by atoms with E-state index in [9.17, 15) is 0 Å². The standard InChI is InChI=1S/C23H33ClO2/c1-4-5-6-7-8-16-25-22-13-14-23(26-19(3)10-9-15-24)21-17-18(2)11-12-20(21)22/h11-14,17,19H,4-10,15-16H2,1-3H3. The Hall–Kier alpha value is -1.41. The van der Waals surface area contributed by atoms with Crippen LogP contribution >= 0.6 is 11.6 Å². The van der Waals surface area contributed by atoms with E-state index in [-0.39, 0.29) is 6.10 Å². The number of ether oxygens (including phenoxy) is 2. The van der Waals surface area contributed by atoms with Crippen molar-refractivity contribution >= 4 is 22.4 Å². The van der Waals surface area contributed by atoms with E-state index >= 15 is 0 Å². The van der Waals surface area contributed by atoms with Crippen LogP contribution in [0.3, 0.4) is 0 Å². The molecule has 2 aromatic rings. The van der Waals surface area contributed by atoms with Gasteiger partial charge >= 0.3 is 0 Å². The van der Waals surface area contributed by atoms with Gasteiger partial charge in [0.2, 0.25) is 0 Å². The fourth-order valence-electron chi connectivity index (χ4n) is 3.16. The van der Waals surface area contributed by atoms with E-state index in [4.69, 9.17) is 21.1 Å². The number of rotatable bonds is 12. The minimum atomic E-state index is 0.155. The highest BCUT2D eigenvalue weighted by Gasteiger charge is 2.11. The summed E-state index contributed by atoms with van der Waals surface area (Å²) in [4.78, 5) is 0. The second-order valence-corrected chi connectivity index (χ2v) is 7.51. The average Bonchev–Trinajstić information content (AvgIpc) is 2.64. The first-order chi connectivity index (χ1) is 12.7. The lowest BCUT2D eigenvalue weighted by molar-refractivity contribution is 0.212. The van der Waals surface area contributed by atoms with Gasteiger partial charge < -0.3 is 9.47 Å². The van der Waals surface area contributed by atoms with Crippen LogP contribution in [0.1, 0.15) is 64.4 Å². The summed E-state index contributed by atoms with van der Waals surface area (Å²) in [5.74, 6) is 2.57. The topological polar surface area (TPSA) is 18.5 Å². The minimum Gasteiger partial charge on any atom is -0.493 e. The zero-order chi connectivity index (χ0) is 18.8. The molecule has 0 aliphatic heterocycles. The Balaban J connectivity index is 2.09. The van der Waals surface area contributed by atoms with E-state index < -0.39 is 0 Å². The highest BCUT2D eigenvalue weighted by molar-refractivity contribution is 6.17. The quantitative estimate of drug-likeness (QED) is 0.286. The molecule has 0 amide bonds. The van der Waals surface area contributed by atoms with Crippen LogP contribution in [-0.2, 0) is 0 Å². The molecule has 0 saturated heterocycles. The lowest BCUT2D eigenvalue weighted by Gasteiger charge is -2.18. The van der Waals surface area contributed by atoms with Gasteiger partial charge in [-0.05, 0) is 51.3 Å². The Morgan fingerprint density at radius 2 is 1.69 bits per heavy atom. The SMILES string of the molecule is CCCCCCCOc1ccc(OC(C)CCCCl)c2cc(C)ccc12. The number of aryl methyl sites for hydroxylation is 1. The van der Waals surface area contributed by atoms with Gasteiger partial charge in [0, 0.05) is 16.7 Å². The maximum absolute atomic E-state index is 6.20. The third kappa shape index (κ3) is 6.39. The molecule has 0 fully saturated rings. The monoisotopic (exact) mass is 376 g/mol. The van der Waals surface area contributed by atoms with Crippen molar-refractivity contribution < 1.29 is 9.47 Å². The van der Waals surface area contributed by atoms with Crippen LogP contribution in [0.5, 0.6) is 11.5 Å². The van der Waals surface area contributed by atoms with Crippen molar-refractivity contribution in [2.45, 2.75) is 71.8 Å². The van der Waals surface area contributed by atoms with Crippen molar-refractivity contribution in [3.63, 3.8) is 0 Å². The second-order valence-electron chi connectivity index (χ2n) is 7.13. The van der Waals surface area contributed by atoms with Gasteiger partial charge in [-0.15, -0.1) is 11.6 Å². The lowest BCUT2D eigenvalue weighted by Crippen LogP contribution is -2.12. The van der Waals surface area contributed by atoms with Crippen LogP contribution in [0.15, 0.2) is 30.3 Å². The molecule has 1 atom stereocenters. The normalized spacial score (nSPS) is 12.3. The third-order valence-electron chi connectivity index (χ3n) is 4.67. The number of fused-ring (bicyclic) bond motifs is 1. The van der Waals surface area contributed by atoms with Gasteiger partial charge in [0.05, 0.1) is 12.7 Å². The van der Waals surface area contributed by atoms with E-state index in [1.165, 1.54) is 31.2 Å². The van der Waals surface area contributed by atoms with Gasteiger partial charge in [0.15, 0.2) is 0 Å². The first kappa shape index (κ1) is 20.9. The zero-order valence-electron chi connectivity index (χ0n) is 16.5. The molecule has 2 nitrogen and oxygen atoms in total. The zero-order valence-corrected chi connectivity index (χ0v) is 17.3. The van der Waals surface area contributed by atoms with Crippen LogP contribution in [0.2, 0.25) is 0 Å². The number of hydrogen-bond acceptors (Lipinski definition) is 2. The van der Waals surface area contributed by atoms with Crippen molar-refractivity contribution in [1.29, 1.82) is 0 Å². The predicted molar refractivity (Wildman–Crippen MR) is 113 cm³/mol. The van der Waals surface area contributed by atoms with Crippen molar-refractivity contribution in [2.24, 2.45) is 0 Å². The Morgan fingerprint density at radius 3 is 2.46 bits per heavy atom. The lowest BCUT2D eigenvalue weighted by atomic mass is 10.1. The Labute approximate surface area is 163 Å². The van der Waals surface area contributed by atoms with Crippen molar-refractivity contribution in [3.8, 4) is 11.5 Å². The maximum Gasteiger partial charge on any atom is 0.127 e. The van der Waals surface area contributed by atoms with Crippen LogP contribution < -0.4 is 9.47 Å². The molecule has 26 heavy (non-hydrogen) atoms. The number of alkyl halides is 1. The second kappa shape index (κ2) is 11.3. The molecule has 2 aromatic carbocycles. The van der Waals surface area contributed by atoms with E-state index in [0.717, 1.165) is 48.1 Å². The first-order valence-corrected chi connectivity index (χ1v) is 10.6. The van der Waals surface area contributed by atoms with Crippen LogP contribution in [0.25, 0.3) is 10.8 Å². The molecule has 0 aliphatic carbocycles. The molecular weight excluding hydrogens is 344 g/mol. The van der Waals surface area contributed by atoms with Gasteiger partial charge in [0.1, 0.15) is 11.5 Å². The van der Waals surface area contributed by atoms with Gasteiger partial charge in [-0.2, -0.15) is 0 Å². The fourth-order valence-corrected chi connectivity index (χ4v) is 3.32. The predicted octanol–water partition coefficient (Wildman–Crippen LogP) is 7.28. The van der Waals surface area contributed by atoms with Crippen molar-refractivity contribution in [2.75, 3.05) is 12.5 Å². The number of unbranched alkanes of at least 4 members (excludes halogenated alkanes) is 4. The fraction of sp³-hybridized carbons (Fsp3) is 0.565. The molecule has 1 unspecified atom stereocenters. The number of benzene rings is 2. The molecule has 0 bridgehead atoms. The van der Waals surface area contributed by atoms with Gasteiger partial charge in [0.25, 0.3) is 0 Å². The van der Waals surface area contributed by atoms with E-state index in [0.29, 0.717) is 5.88 Å². The molecule has 0 heterocycles. The van der Waals surface area contributed by atoms with Gasteiger partial charge in [-0.3, -0.25) is 0 Å². The minimum absolute atomic E-state index is 0.155. The molecule has 0 aliphatic rings. The maximum atomic E-state index is 6.20. The molecule has 0 N–H and O–H groups in total. The molecule has 0 saturated carbocycles. The molecule has 2 rings (SSSR count). The highest BCUT2D eigenvalue weighted by Crippen LogP contribution is 2.35. The summed E-state index contributed by atoms with van der Waals surface area (Å²) in [6, 6.07) is 10.6. The van der Waals surface area contributed by atoms with Crippen molar-refractivity contribution in [1.82, 2.24) is 0 Å². The van der Waals surface area contributed by atoms with Crippen LogP contribution in [-0.4, -0.2) is 18.6 Å². The number of halogens is 1. The van der Waals surface area contributed by atoms with E-state index in [1.807, 2.05) is 12.1 Å². The summed E-state index contributed by atoms with van der Waals surface area (Å²) >= 11 is 5.80. The molecule has 0 spiro atoms. The number of hydrogen-bond donors (Lipinski definition) is 0. The average molecular weight is 377 g/mol. The molecule has 0 aromatic heterocycles. The first-order valence-electron chi connectivity index (χ1n) is 10.0. The Kier molecular flexibility index (Phi) is 9.11. The molecular formula is C23H33ClO2. The van der Waals surface area contributed by atoms with Crippen molar-refractivity contribution in [3.05, 3.63) is 35.9 Å². The largest absolute Gasteiger partial charge is 0.493 e. The summed E-state index contributed by atoms with van der Waals surface area (Å²) in [6.45, 7) is 7.24. The van der Waals surface area contributed by atoms with Crippen LogP contribution in [0.4, 0.5) is 0 Å². The van der Waals surface area contributed by atoms with E-state index in [1.54, 1.807) is 0 Å². The smallest absolute Gasteiger partial charge is 0.127 e. The summed E-state index contributed by atoms with van der Waals surface area (Å²) in [5, 5.41) is 2.26. The molecule has 144 valence electrons. The van der Waals surface area contributed by atoms with Gasteiger partial charge in [-0.25, -0.2) is 0 Å². The van der Waals surface area contributed by atoms with Crippen LogP contribution in [0, 0.1) is 6.92 Å². The summed E-state index contributed by atoms with van der Waals surface area (Å²) in [7, 11) is 0. The van der Waals surface area contributed by atoms with Gasteiger partial charge in [-0.1, -0.05) is 50.3 Å². The Bertz CT molecular complexity index is 669. The summed E-state index contributed by atoms with van der Waals surface area (Å²) in [5.41, 5.74) is 1.23. The summed E-state index contributed by atoms with van der Waals surface area (Å²) < 4.78 is 12.3. The summed E-state index contributed by atoms with van der Waals surface area (Å²) in [6.07, 6.45) is 8.33. The molecule has 0 radical (unpaired) electrons. The third-order valence-corrected chi connectivity index (χ3v) is 4.94. The van der Waals surface area contributed by atoms with E-state index in [2.05, 4.69) is 39.0 Å². The Morgan fingerprint density at radius 1 is 0.923 bits per heavy atom. The highest BCUT2D eigenvalue weighted by atomic mass is 35.5. The molecule has 3 heteroatoms.